The Morgan fingerprint density at radius 2 is 2.33 bits per heavy atom. The van der Waals surface area contributed by atoms with Gasteiger partial charge in [0.2, 0.25) is 5.91 Å². The second-order valence-corrected chi connectivity index (χ2v) is 5.28. The maximum absolute atomic E-state index is 10.6. The van der Waals surface area contributed by atoms with E-state index in [1.807, 2.05) is 11.8 Å². The molecule has 0 saturated heterocycles. The molecular formula is C10H17N3OS. The highest BCUT2D eigenvalue weighted by molar-refractivity contribution is 8.14. The topological polar surface area (TPSA) is 53.5 Å². The number of hydrogen-bond acceptors (Lipinski definition) is 4. The SMILES string of the molecule is CC(=O)NCCNC1=NCC(C2CC2)S1. The van der Waals surface area contributed by atoms with Gasteiger partial charge in [-0.2, -0.15) is 0 Å². The zero-order valence-corrected chi connectivity index (χ0v) is 9.77. The third-order valence-electron chi connectivity index (χ3n) is 2.60. The Kier molecular flexibility index (Phi) is 3.51. The summed E-state index contributed by atoms with van der Waals surface area (Å²) >= 11 is 1.87. The number of rotatable bonds is 4. The van der Waals surface area contributed by atoms with Gasteiger partial charge in [-0.3, -0.25) is 9.79 Å². The number of amidine groups is 1. The molecule has 84 valence electrons. The maximum atomic E-state index is 10.6. The summed E-state index contributed by atoms with van der Waals surface area (Å²) in [5.74, 6) is 0.932. The van der Waals surface area contributed by atoms with Gasteiger partial charge in [0, 0.05) is 25.3 Å². The number of nitrogens with zero attached hydrogens (tertiary/aromatic N) is 1. The van der Waals surface area contributed by atoms with Crippen LogP contribution >= 0.6 is 11.8 Å². The lowest BCUT2D eigenvalue weighted by molar-refractivity contribution is -0.118. The first-order valence-corrected chi connectivity index (χ1v) is 6.33. The highest BCUT2D eigenvalue weighted by Crippen LogP contribution is 2.41. The summed E-state index contributed by atoms with van der Waals surface area (Å²) in [7, 11) is 0. The summed E-state index contributed by atoms with van der Waals surface area (Å²) in [4.78, 5) is 15.1. The fourth-order valence-corrected chi connectivity index (χ4v) is 2.84. The minimum Gasteiger partial charge on any atom is -0.363 e. The number of carbonyl (C=O) groups excluding carboxylic acids is 1. The van der Waals surface area contributed by atoms with E-state index in [0.29, 0.717) is 11.8 Å². The molecule has 4 nitrogen and oxygen atoms in total. The third kappa shape index (κ3) is 3.41. The molecule has 2 N–H and O–H groups in total. The highest BCUT2D eigenvalue weighted by Gasteiger charge is 2.35. The standard InChI is InChI=1S/C10H17N3OS/c1-7(14)11-4-5-12-10-13-6-9(15-10)8-2-3-8/h8-9H,2-6H2,1H3,(H,11,14)(H,12,13). The van der Waals surface area contributed by atoms with Crippen molar-refractivity contribution >= 4 is 22.8 Å². The number of nitrogens with one attached hydrogen (secondary N) is 2. The molecule has 1 saturated carbocycles. The lowest BCUT2D eigenvalue weighted by Crippen LogP contribution is -2.32. The van der Waals surface area contributed by atoms with E-state index in [1.165, 1.54) is 19.8 Å². The number of amides is 1. The van der Waals surface area contributed by atoms with Crippen molar-refractivity contribution in [1.29, 1.82) is 0 Å². The van der Waals surface area contributed by atoms with Crippen molar-refractivity contribution in [2.45, 2.75) is 25.0 Å². The second-order valence-electron chi connectivity index (χ2n) is 4.05. The van der Waals surface area contributed by atoms with Crippen molar-refractivity contribution in [2.75, 3.05) is 19.6 Å². The predicted octanol–water partition coefficient (Wildman–Crippen LogP) is 0.593. The molecule has 5 heteroatoms. The molecule has 1 amide bonds. The summed E-state index contributed by atoms with van der Waals surface area (Å²) in [6.45, 7) is 3.94. The van der Waals surface area contributed by atoms with Gasteiger partial charge >= 0.3 is 0 Å². The second kappa shape index (κ2) is 4.88. The van der Waals surface area contributed by atoms with E-state index < -0.39 is 0 Å². The fraction of sp³-hybridized carbons (Fsp3) is 0.800. The van der Waals surface area contributed by atoms with Gasteiger partial charge in [-0.15, -0.1) is 0 Å². The van der Waals surface area contributed by atoms with Crippen LogP contribution in [0, 0.1) is 5.92 Å². The van der Waals surface area contributed by atoms with Gasteiger partial charge in [0.15, 0.2) is 5.17 Å². The van der Waals surface area contributed by atoms with Crippen LogP contribution in [0.5, 0.6) is 0 Å². The van der Waals surface area contributed by atoms with E-state index >= 15 is 0 Å². The van der Waals surface area contributed by atoms with Gasteiger partial charge < -0.3 is 10.6 Å². The van der Waals surface area contributed by atoms with Gasteiger partial charge in [0.25, 0.3) is 0 Å². The summed E-state index contributed by atoms with van der Waals surface area (Å²) in [6.07, 6.45) is 2.76. The molecular weight excluding hydrogens is 210 g/mol. The van der Waals surface area contributed by atoms with Crippen LogP contribution in [-0.4, -0.2) is 36.0 Å². The molecule has 0 aromatic rings. The zero-order valence-electron chi connectivity index (χ0n) is 8.95. The molecule has 0 spiro atoms. The first-order valence-electron chi connectivity index (χ1n) is 5.45. The van der Waals surface area contributed by atoms with E-state index in [1.54, 1.807) is 0 Å². The molecule has 0 aromatic heterocycles. The molecule has 1 unspecified atom stereocenters. The Morgan fingerprint density at radius 1 is 1.53 bits per heavy atom. The van der Waals surface area contributed by atoms with Crippen LogP contribution in [0.25, 0.3) is 0 Å². The number of hydrogen-bond donors (Lipinski definition) is 2. The van der Waals surface area contributed by atoms with Crippen LogP contribution in [0.1, 0.15) is 19.8 Å². The van der Waals surface area contributed by atoms with E-state index in [4.69, 9.17) is 0 Å². The van der Waals surface area contributed by atoms with E-state index in [-0.39, 0.29) is 5.91 Å². The Morgan fingerprint density at radius 3 is 3.00 bits per heavy atom. The van der Waals surface area contributed by atoms with E-state index in [9.17, 15) is 4.79 Å². The van der Waals surface area contributed by atoms with Gasteiger partial charge in [0.1, 0.15) is 0 Å². The minimum atomic E-state index is 0.0219. The summed E-state index contributed by atoms with van der Waals surface area (Å²) in [6, 6.07) is 0. The van der Waals surface area contributed by atoms with E-state index in [2.05, 4.69) is 15.6 Å². The van der Waals surface area contributed by atoms with Crippen LogP contribution in [0.15, 0.2) is 4.99 Å². The zero-order chi connectivity index (χ0) is 10.7. The van der Waals surface area contributed by atoms with Crippen LogP contribution in [0.2, 0.25) is 0 Å². The van der Waals surface area contributed by atoms with Gasteiger partial charge in [0.05, 0.1) is 6.54 Å². The maximum Gasteiger partial charge on any atom is 0.216 e. The Balaban J connectivity index is 1.58. The van der Waals surface area contributed by atoms with Crippen molar-refractivity contribution in [3.8, 4) is 0 Å². The van der Waals surface area contributed by atoms with Crippen molar-refractivity contribution in [2.24, 2.45) is 10.9 Å². The smallest absolute Gasteiger partial charge is 0.216 e. The highest BCUT2D eigenvalue weighted by atomic mass is 32.2. The molecule has 2 rings (SSSR count). The van der Waals surface area contributed by atoms with E-state index in [0.717, 1.165) is 24.2 Å². The molecule has 15 heavy (non-hydrogen) atoms. The summed E-state index contributed by atoms with van der Waals surface area (Å²) in [5, 5.41) is 7.77. The molecule has 2 aliphatic rings. The molecule has 1 aliphatic carbocycles. The predicted molar refractivity (Wildman–Crippen MR) is 63.1 cm³/mol. The van der Waals surface area contributed by atoms with Crippen LogP contribution in [0.3, 0.4) is 0 Å². The van der Waals surface area contributed by atoms with Crippen molar-refractivity contribution in [3.63, 3.8) is 0 Å². The lowest BCUT2D eigenvalue weighted by Gasteiger charge is -2.07. The lowest BCUT2D eigenvalue weighted by atomic mass is 10.3. The molecule has 1 fully saturated rings. The summed E-state index contributed by atoms with van der Waals surface area (Å²) < 4.78 is 0. The van der Waals surface area contributed by atoms with Crippen LogP contribution in [-0.2, 0) is 4.79 Å². The monoisotopic (exact) mass is 227 g/mol. The van der Waals surface area contributed by atoms with Gasteiger partial charge in [-0.05, 0) is 18.8 Å². The van der Waals surface area contributed by atoms with Crippen LogP contribution in [0.4, 0.5) is 0 Å². The van der Waals surface area contributed by atoms with Gasteiger partial charge in [-0.1, -0.05) is 11.8 Å². The first-order chi connectivity index (χ1) is 7.25. The average molecular weight is 227 g/mol. The summed E-state index contributed by atoms with van der Waals surface area (Å²) in [5.41, 5.74) is 0. The van der Waals surface area contributed by atoms with Crippen molar-refractivity contribution in [3.05, 3.63) is 0 Å². The third-order valence-corrected chi connectivity index (χ3v) is 3.93. The molecule has 1 aliphatic heterocycles. The molecule has 0 bridgehead atoms. The van der Waals surface area contributed by atoms with Crippen molar-refractivity contribution in [1.82, 2.24) is 10.6 Å². The number of carbonyl (C=O) groups is 1. The Bertz CT molecular complexity index is 276. The minimum absolute atomic E-state index is 0.0219. The molecule has 1 atom stereocenters. The quantitative estimate of drug-likeness (QED) is 0.691. The first kappa shape index (κ1) is 10.8. The Labute approximate surface area is 94.3 Å². The van der Waals surface area contributed by atoms with Gasteiger partial charge in [-0.25, -0.2) is 0 Å². The molecule has 0 aromatic carbocycles. The largest absolute Gasteiger partial charge is 0.363 e. The van der Waals surface area contributed by atoms with Crippen molar-refractivity contribution < 1.29 is 4.79 Å². The average Bonchev–Trinajstić information content (AvgIpc) is 2.94. The fourth-order valence-electron chi connectivity index (χ4n) is 1.61. The Hall–Kier alpha value is -0.710. The number of thioether (sulfide) groups is 1. The molecule has 0 radical (unpaired) electrons. The number of aliphatic imine (C=N–C) groups is 1. The normalized spacial score (nSPS) is 24.9. The van der Waals surface area contributed by atoms with Crippen LogP contribution < -0.4 is 10.6 Å². The molecule has 1 heterocycles.